The zero-order valence-corrected chi connectivity index (χ0v) is 17.6. The number of anilines is 1. The fourth-order valence-electron chi connectivity index (χ4n) is 4.00. The molecular weight excluding hydrogens is 407 g/mol. The van der Waals surface area contributed by atoms with Crippen molar-refractivity contribution in [3.63, 3.8) is 0 Å². The van der Waals surface area contributed by atoms with Crippen molar-refractivity contribution in [2.24, 2.45) is 5.92 Å². The van der Waals surface area contributed by atoms with Gasteiger partial charge in [0.05, 0.1) is 11.9 Å². The van der Waals surface area contributed by atoms with Gasteiger partial charge in [0.25, 0.3) is 0 Å². The fraction of sp³-hybridized carbons (Fsp3) is 0.455. The number of ether oxygens (including phenoxy) is 1. The summed E-state index contributed by atoms with van der Waals surface area (Å²) in [5, 5.41) is 8.10. The normalized spacial score (nSPS) is 16.0. The van der Waals surface area contributed by atoms with Gasteiger partial charge in [0.2, 0.25) is 0 Å². The van der Waals surface area contributed by atoms with Gasteiger partial charge in [-0.15, -0.1) is 18.3 Å². The molecule has 3 heterocycles. The van der Waals surface area contributed by atoms with E-state index in [1.165, 1.54) is 18.3 Å². The first-order valence-electron chi connectivity index (χ1n) is 10.5. The van der Waals surface area contributed by atoms with Gasteiger partial charge in [0, 0.05) is 12.1 Å². The lowest BCUT2D eigenvalue weighted by Crippen LogP contribution is -2.35. The third-order valence-electron chi connectivity index (χ3n) is 5.78. The minimum atomic E-state index is -4.78. The number of piperidine rings is 1. The Bertz CT molecular complexity index is 1040. The SMILES string of the molecule is CCN1CCC(CNc2nn3c(-c4ccccc4OC(F)(F)F)cnc3cc2C)CC1. The standard InChI is InChI=1S/C22H26F3N5O/c1-3-29-10-8-16(9-11-29)13-27-21-15(2)12-20-26-14-18(30(20)28-21)17-6-4-5-7-19(17)31-22(23,24)25/h4-7,12,14,16H,3,8-11,13H2,1-2H3,(H,27,28). The van der Waals surface area contributed by atoms with Crippen LogP contribution in [0.15, 0.2) is 36.5 Å². The number of halogens is 3. The molecule has 3 aromatic rings. The lowest BCUT2D eigenvalue weighted by molar-refractivity contribution is -0.274. The van der Waals surface area contributed by atoms with Gasteiger partial charge in [0.15, 0.2) is 5.65 Å². The minimum absolute atomic E-state index is 0.279. The van der Waals surface area contributed by atoms with Crippen LogP contribution in [0.3, 0.4) is 0 Å². The van der Waals surface area contributed by atoms with Gasteiger partial charge in [-0.05, 0) is 69.1 Å². The van der Waals surface area contributed by atoms with Crippen molar-refractivity contribution in [3.05, 3.63) is 42.1 Å². The van der Waals surface area contributed by atoms with Crippen LogP contribution in [0.1, 0.15) is 25.3 Å². The number of nitrogens with zero attached hydrogens (tertiary/aromatic N) is 4. The average Bonchev–Trinajstić information content (AvgIpc) is 3.14. The molecule has 2 aromatic heterocycles. The van der Waals surface area contributed by atoms with Crippen LogP contribution in [-0.4, -0.2) is 52.0 Å². The summed E-state index contributed by atoms with van der Waals surface area (Å²) < 4.78 is 44.3. The molecule has 1 fully saturated rings. The molecule has 9 heteroatoms. The molecule has 0 aliphatic carbocycles. The summed E-state index contributed by atoms with van der Waals surface area (Å²) in [7, 11) is 0. The van der Waals surface area contributed by atoms with Crippen molar-refractivity contribution >= 4 is 11.5 Å². The number of hydrogen-bond acceptors (Lipinski definition) is 5. The first-order chi connectivity index (χ1) is 14.8. The Morgan fingerprint density at radius 3 is 2.65 bits per heavy atom. The second-order valence-corrected chi connectivity index (χ2v) is 7.89. The highest BCUT2D eigenvalue weighted by Crippen LogP contribution is 2.34. The Labute approximate surface area is 179 Å². The second-order valence-electron chi connectivity index (χ2n) is 7.89. The van der Waals surface area contributed by atoms with Gasteiger partial charge in [-0.1, -0.05) is 19.1 Å². The number of fused-ring (bicyclic) bond motifs is 1. The number of imidazole rings is 1. The summed E-state index contributed by atoms with van der Waals surface area (Å²) in [5.74, 6) is 0.998. The lowest BCUT2D eigenvalue weighted by Gasteiger charge is -2.31. The van der Waals surface area contributed by atoms with Crippen LogP contribution in [0.2, 0.25) is 0 Å². The number of benzene rings is 1. The molecule has 1 aliphatic rings. The Balaban J connectivity index is 1.59. The summed E-state index contributed by atoms with van der Waals surface area (Å²) in [5.41, 5.74) is 2.22. The van der Waals surface area contributed by atoms with Gasteiger partial charge < -0.3 is 15.0 Å². The molecule has 1 saturated heterocycles. The molecule has 31 heavy (non-hydrogen) atoms. The van der Waals surface area contributed by atoms with Crippen molar-refractivity contribution in [1.29, 1.82) is 0 Å². The average molecular weight is 433 g/mol. The highest BCUT2D eigenvalue weighted by atomic mass is 19.4. The summed E-state index contributed by atoms with van der Waals surface area (Å²) in [6, 6.07) is 7.90. The maximum Gasteiger partial charge on any atom is 0.573 e. The molecular formula is C22H26F3N5O. The monoisotopic (exact) mass is 433 g/mol. The van der Waals surface area contributed by atoms with E-state index in [-0.39, 0.29) is 11.3 Å². The van der Waals surface area contributed by atoms with Gasteiger partial charge in [-0.3, -0.25) is 0 Å². The highest BCUT2D eigenvalue weighted by Gasteiger charge is 2.32. The van der Waals surface area contributed by atoms with E-state index >= 15 is 0 Å². The first-order valence-corrected chi connectivity index (χ1v) is 10.5. The van der Waals surface area contributed by atoms with Gasteiger partial charge >= 0.3 is 6.36 Å². The van der Waals surface area contributed by atoms with Crippen molar-refractivity contribution in [3.8, 4) is 17.0 Å². The van der Waals surface area contributed by atoms with Crippen LogP contribution in [0, 0.1) is 12.8 Å². The number of likely N-dealkylation sites (tertiary alicyclic amines) is 1. The summed E-state index contributed by atoms with van der Waals surface area (Å²) in [4.78, 5) is 6.78. The number of para-hydroxylation sites is 1. The van der Waals surface area contributed by atoms with Crippen LogP contribution in [0.5, 0.6) is 5.75 Å². The van der Waals surface area contributed by atoms with Crippen molar-refractivity contribution in [1.82, 2.24) is 19.5 Å². The van der Waals surface area contributed by atoms with E-state index in [0.29, 0.717) is 23.1 Å². The van der Waals surface area contributed by atoms with Crippen LogP contribution >= 0.6 is 0 Å². The van der Waals surface area contributed by atoms with Gasteiger partial charge in [0.1, 0.15) is 11.6 Å². The molecule has 0 spiro atoms. The maximum absolute atomic E-state index is 12.8. The maximum atomic E-state index is 12.8. The number of alkyl halides is 3. The van der Waals surface area contributed by atoms with E-state index in [1.54, 1.807) is 16.6 Å². The third-order valence-corrected chi connectivity index (χ3v) is 5.78. The van der Waals surface area contributed by atoms with Crippen molar-refractivity contribution < 1.29 is 17.9 Å². The van der Waals surface area contributed by atoms with E-state index in [1.807, 2.05) is 13.0 Å². The molecule has 1 aromatic carbocycles. The molecule has 0 saturated carbocycles. The molecule has 166 valence electrons. The van der Waals surface area contributed by atoms with Crippen LogP contribution in [0.4, 0.5) is 19.0 Å². The smallest absolute Gasteiger partial charge is 0.405 e. The Hall–Kier alpha value is -2.81. The van der Waals surface area contributed by atoms with Crippen molar-refractivity contribution in [2.75, 3.05) is 31.5 Å². The highest BCUT2D eigenvalue weighted by molar-refractivity contribution is 5.70. The Kier molecular flexibility index (Phi) is 6.04. The molecule has 0 amide bonds. The lowest BCUT2D eigenvalue weighted by atomic mass is 9.97. The molecule has 0 radical (unpaired) electrons. The third kappa shape index (κ3) is 4.92. The van der Waals surface area contributed by atoms with Crippen LogP contribution in [0.25, 0.3) is 16.9 Å². The summed E-state index contributed by atoms with van der Waals surface area (Å²) >= 11 is 0. The van der Waals surface area contributed by atoms with Crippen LogP contribution < -0.4 is 10.1 Å². The zero-order chi connectivity index (χ0) is 22.0. The van der Waals surface area contributed by atoms with Crippen LogP contribution in [-0.2, 0) is 0 Å². The number of aryl methyl sites for hydroxylation is 1. The van der Waals surface area contributed by atoms with Gasteiger partial charge in [-0.25, -0.2) is 9.50 Å². The number of nitrogens with one attached hydrogen (secondary N) is 1. The van der Waals surface area contributed by atoms with Crippen molar-refractivity contribution in [2.45, 2.75) is 33.1 Å². The first kappa shape index (κ1) is 21.4. The van der Waals surface area contributed by atoms with Gasteiger partial charge in [-0.2, -0.15) is 0 Å². The fourth-order valence-corrected chi connectivity index (χ4v) is 4.00. The Morgan fingerprint density at radius 1 is 1.19 bits per heavy atom. The summed E-state index contributed by atoms with van der Waals surface area (Å²) in [6.07, 6.45) is -0.980. The van der Waals surface area contributed by atoms with E-state index in [4.69, 9.17) is 0 Å². The largest absolute Gasteiger partial charge is 0.573 e. The van der Waals surface area contributed by atoms with E-state index in [9.17, 15) is 13.2 Å². The second kappa shape index (κ2) is 8.74. The molecule has 4 rings (SSSR count). The molecule has 0 atom stereocenters. The van der Waals surface area contributed by atoms with E-state index in [0.717, 1.165) is 44.6 Å². The minimum Gasteiger partial charge on any atom is -0.405 e. The molecule has 0 bridgehead atoms. The molecule has 1 N–H and O–H groups in total. The summed E-state index contributed by atoms with van der Waals surface area (Å²) in [6.45, 7) is 8.24. The number of hydrogen-bond donors (Lipinski definition) is 1. The van der Waals surface area contributed by atoms with E-state index < -0.39 is 6.36 Å². The molecule has 1 aliphatic heterocycles. The predicted molar refractivity (Wildman–Crippen MR) is 113 cm³/mol. The topological polar surface area (TPSA) is 54.7 Å². The van der Waals surface area contributed by atoms with E-state index in [2.05, 4.69) is 32.0 Å². The number of rotatable bonds is 6. The zero-order valence-electron chi connectivity index (χ0n) is 17.6. The Morgan fingerprint density at radius 2 is 1.94 bits per heavy atom. The quantitative estimate of drug-likeness (QED) is 0.608. The number of aromatic nitrogens is 3. The predicted octanol–water partition coefficient (Wildman–Crippen LogP) is 4.75. The molecule has 6 nitrogen and oxygen atoms in total. The molecule has 0 unspecified atom stereocenters.